The van der Waals surface area contributed by atoms with Gasteiger partial charge < -0.3 is 9.84 Å². The van der Waals surface area contributed by atoms with E-state index in [0.717, 1.165) is 10.8 Å². The van der Waals surface area contributed by atoms with Gasteiger partial charge in [-0.3, -0.25) is 0 Å². The van der Waals surface area contributed by atoms with Gasteiger partial charge in [-0.25, -0.2) is 4.39 Å². The first-order valence-electron chi connectivity index (χ1n) is 7.22. The molecule has 3 heteroatoms. The number of aliphatic hydroxyl groups excluding tert-OH is 1. The van der Waals surface area contributed by atoms with Crippen LogP contribution in [0.5, 0.6) is 5.75 Å². The van der Waals surface area contributed by atoms with Crippen molar-refractivity contribution in [1.82, 2.24) is 0 Å². The molecule has 0 fully saturated rings. The fourth-order valence-corrected chi connectivity index (χ4v) is 2.52. The minimum Gasteiger partial charge on any atom is -0.488 e. The first-order chi connectivity index (χ1) is 10.7. The van der Waals surface area contributed by atoms with Gasteiger partial charge in [-0.2, -0.15) is 0 Å². The normalized spacial score (nSPS) is 12.3. The third-order valence-electron chi connectivity index (χ3n) is 3.69. The van der Waals surface area contributed by atoms with E-state index in [1.54, 1.807) is 25.1 Å². The lowest BCUT2D eigenvalue weighted by atomic mass is 10.0. The minimum absolute atomic E-state index is 0.125. The summed E-state index contributed by atoms with van der Waals surface area (Å²) < 4.78 is 19.6. The third-order valence-corrected chi connectivity index (χ3v) is 3.69. The van der Waals surface area contributed by atoms with Gasteiger partial charge in [0.1, 0.15) is 18.2 Å². The van der Waals surface area contributed by atoms with Crippen LogP contribution >= 0.6 is 0 Å². The van der Waals surface area contributed by atoms with Crippen LogP contribution in [0.15, 0.2) is 60.7 Å². The van der Waals surface area contributed by atoms with Crippen molar-refractivity contribution in [3.8, 4) is 5.75 Å². The van der Waals surface area contributed by atoms with Gasteiger partial charge >= 0.3 is 0 Å². The average molecular weight is 296 g/mol. The molecular formula is C19H17FO2. The second-order valence-electron chi connectivity index (χ2n) is 5.26. The number of aliphatic hydroxyl groups is 1. The predicted octanol–water partition coefficient (Wildman–Crippen LogP) is 4.61. The summed E-state index contributed by atoms with van der Waals surface area (Å²) in [6.07, 6.45) is -0.653. The molecule has 0 saturated heterocycles. The fraction of sp³-hybridized carbons (Fsp3) is 0.158. The van der Waals surface area contributed by atoms with Crippen LogP contribution < -0.4 is 4.74 Å². The topological polar surface area (TPSA) is 29.5 Å². The number of rotatable bonds is 4. The predicted molar refractivity (Wildman–Crippen MR) is 85.3 cm³/mol. The van der Waals surface area contributed by atoms with Crippen LogP contribution in [0.3, 0.4) is 0 Å². The minimum atomic E-state index is -0.653. The molecule has 3 rings (SSSR count). The van der Waals surface area contributed by atoms with E-state index >= 15 is 0 Å². The van der Waals surface area contributed by atoms with Crippen molar-refractivity contribution < 1.29 is 14.2 Å². The maximum absolute atomic E-state index is 13.7. The van der Waals surface area contributed by atoms with Gasteiger partial charge in [0.25, 0.3) is 0 Å². The molecule has 0 heterocycles. The van der Waals surface area contributed by atoms with Gasteiger partial charge in [0.15, 0.2) is 0 Å². The number of hydrogen-bond donors (Lipinski definition) is 1. The summed E-state index contributed by atoms with van der Waals surface area (Å²) in [4.78, 5) is 0. The van der Waals surface area contributed by atoms with Gasteiger partial charge in [-0.1, -0.05) is 54.6 Å². The molecule has 0 aliphatic carbocycles. The molecule has 112 valence electrons. The molecule has 1 N–H and O–H groups in total. The largest absolute Gasteiger partial charge is 0.488 e. The Morgan fingerprint density at radius 2 is 1.73 bits per heavy atom. The molecule has 3 aromatic rings. The average Bonchev–Trinajstić information content (AvgIpc) is 2.53. The molecule has 0 radical (unpaired) electrons. The molecule has 0 bridgehead atoms. The lowest BCUT2D eigenvalue weighted by molar-refractivity contribution is 0.190. The van der Waals surface area contributed by atoms with Gasteiger partial charge in [-0.05, 0) is 18.4 Å². The zero-order valence-electron chi connectivity index (χ0n) is 12.3. The monoisotopic (exact) mass is 296 g/mol. The zero-order valence-corrected chi connectivity index (χ0v) is 12.3. The maximum Gasteiger partial charge on any atom is 0.133 e. The Bertz CT molecular complexity index is 796. The van der Waals surface area contributed by atoms with Crippen LogP contribution in [0.1, 0.15) is 24.2 Å². The highest BCUT2D eigenvalue weighted by Crippen LogP contribution is 2.34. The van der Waals surface area contributed by atoms with Crippen LogP contribution in [0.25, 0.3) is 10.8 Å². The van der Waals surface area contributed by atoms with Crippen molar-refractivity contribution >= 4 is 10.8 Å². The van der Waals surface area contributed by atoms with Crippen molar-refractivity contribution in [3.63, 3.8) is 0 Å². The van der Waals surface area contributed by atoms with E-state index in [-0.39, 0.29) is 12.4 Å². The molecule has 2 nitrogen and oxygen atoms in total. The third kappa shape index (κ3) is 2.81. The van der Waals surface area contributed by atoms with Crippen LogP contribution in [0.4, 0.5) is 4.39 Å². The number of benzene rings is 3. The maximum atomic E-state index is 13.7. The van der Waals surface area contributed by atoms with E-state index < -0.39 is 6.10 Å². The summed E-state index contributed by atoms with van der Waals surface area (Å²) in [5.74, 6) is 0.317. The van der Waals surface area contributed by atoms with Crippen molar-refractivity contribution in [2.75, 3.05) is 0 Å². The summed E-state index contributed by atoms with van der Waals surface area (Å²) >= 11 is 0. The van der Waals surface area contributed by atoms with E-state index in [9.17, 15) is 9.50 Å². The summed E-state index contributed by atoms with van der Waals surface area (Å²) in [5, 5.41) is 11.9. The van der Waals surface area contributed by atoms with E-state index in [2.05, 4.69) is 0 Å². The van der Waals surface area contributed by atoms with Crippen molar-refractivity contribution in [1.29, 1.82) is 0 Å². The molecule has 0 spiro atoms. The number of fused-ring (bicyclic) bond motifs is 1. The first kappa shape index (κ1) is 14.5. The zero-order chi connectivity index (χ0) is 15.5. The van der Waals surface area contributed by atoms with Gasteiger partial charge in [0.2, 0.25) is 0 Å². The van der Waals surface area contributed by atoms with Crippen LogP contribution in [-0.2, 0) is 6.61 Å². The highest BCUT2D eigenvalue weighted by molar-refractivity contribution is 5.89. The number of halogens is 1. The quantitative estimate of drug-likeness (QED) is 0.761. The van der Waals surface area contributed by atoms with Crippen molar-refractivity contribution in [3.05, 3.63) is 77.6 Å². The SMILES string of the molecule is CC(O)c1ccc2ccccc2c1OCc1ccccc1F. The standard InChI is InChI=1S/C19H17FO2/c1-13(21)16-11-10-14-6-2-4-8-17(14)19(16)22-12-15-7-3-5-9-18(15)20/h2-11,13,21H,12H2,1H3. The van der Waals surface area contributed by atoms with E-state index in [1.807, 2.05) is 36.4 Å². The second kappa shape index (κ2) is 6.16. The molecule has 0 amide bonds. The van der Waals surface area contributed by atoms with Crippen molar-refractivity contribution in [2.24, 2.45) is 0 Å². The molecule has 0 aliphatic rings. The molecule has 3 aromatic carbocycles. The van der Waals surface area contributed by atoms with Crippen LogP contribution in [-0.4, -0.2) is 5.11 Å². The fourth-order valence-electron chi connectivity index (χ4n) is 2.52. The molecule has 22 heavy (non-hydrogen) atoms. The summed E-state index contributed by atoms with van der Waals surface area (Å²) in [7, 11) is 0. The molecule has 0 aromatic heterocycles. The Labute approximate surface area is 128 Å². The van der Waals surface area contributed by atoms with E-state index in [4.69, 9.17) is 4.74 Å². The van der Waals surface area contributed by atoms with Crippen molar-refractivity contribution in [2.45, 2.75) is 19.6 Å². The van der Waals surface area contributed by atoms with Gasteiger partial charge in [-0.15, -0.1) is 0 Å². The molecule has 1 atom stereocenters. The van der Waals surface area contributed by atoms with E-state index in [0.29, 0.717) is 16.9 Å². The summed E-state index contributed by atoms with van der Waals surface area (Å²) in [5.41, 5.74) is 1.20. The number of hydrogen-bond acceptors (Lipinski definition) is 2. The highest BCUT2D eigenvalue weighted by Gasteiger charge is 2.13. The van der Waals surface area contributed by atoms with Gasteiger partial charge in [0.05, 0.1) is 6.10 Å². The lowest BCUT2D eigenvalue weighted by Gasteiger charge is -2.16. The van der Waals surface area contributed by atoms with Crippen LogP contribution in [0.2, 0.25) is 0 Å². The first-order valence-corrected chi connectivity index (χ1v) is 7.22. The smallest absolute Gasteiger partial charge is 0.133 e. The summed E-state index contributed by atoms with van der Waals surface area (Å²) in [6, 6.07) is 18.1. The summed E-state index contributed by atoms with van der Waals surface area (Å²) in [6.45, 7) is 1.82. The lowest BCUT2D eigenvalue weighted by Crippen LogP contribution is -2.03. The molecule has 1 unspecified atom stereocenters. The molecular weight excluding hydrogens is 279 g/mol. The molecule has 0 aliphatic heterocycles. The highest BCUT2D eigenvalue weighted by atomic mass is 19.1. The Morgan fingerprint density at radius 3 is 2.50 bits per heavy atom. The Kier molecular flexibility index (Phi) is 4.07. The Morgan fingerprint density at radius 1 is 1.00 bits per heavy atom. The number of ether oxygens (including phenoxy) is 1. The van der Waals surface area contributed by atoms with Crippen LogP contribution in [0, 0.1) is 5.82 Å². The molecule has 0 saturated carbocycles. The van der Waals surface area contributed by atoms with Gasteiger partial charge in [0, 0.05) is 16.5 Å². The Balaban J connectivity index is 2.01. The van der Waals surface area contributed by atoms with E-state index in [1.165, 1.54) is 6.07 Å². The Hall–Kier alpha value is -2.39. The second-order valence-corrected chi connectivity index (χ2v) is 5.26.